The minimum absolute atomic E-state index is 0.0183. The van der Waals surface area contributed by atoms with E-state index in [1.165, 1.54) is 17.4 Å². The van der Waals surface area contributed by atoms with E-state index in [9.17, 15) is 19.7 Å². The molecular weight excluding hydrogens is 384 g/mol. The Hall–Kier alpha value is -2.68. The van der Waals surface area contributed by atoms with E-state index in [4.69, 9.17) is 15.2 Å². The molecule has 9 heteroatoms. The molecule has 1 aromatic heterocycles. The summed E-state index contributed by atoms with van der Waals surface area (Å²) in [6.07, 6.45) is 0.766. The summed E-state index contributed by atoms with van der Waals surface area (Å²) in [4.78, 5) is 37.4. The molecule has 28 heavy (non-hydrogen) atoms. The van der Waals surface area contributed by atoms with Crippen molar-refractivity contribution in [3.8, 4) is 0 Å². The molecule has 1 aliphatic carbocycles. The molecule has 1 aromatic rings. The SMILES string of the molecule is CCOC(=O)C1=C(N)OC2=C(C(=O)CC(C)(C)C2)C1c1cc([N+](=O)[O-])c(C)s1. The fourth-order valence-corrected chi connectivity index (χ4v) is 4.81. The number of thiophene rings is 1. The fourth-order valence-electron chi connectivity index (χ4n) is 3.70. The zero-order chi connectivity index (χ0) is 20.8. The number of nitrogens with zero attached hydrogens (tertiary/aromatic N) is 1. The monoisotopic (exact) mass is 406 g/mol. The molecule has 3 rings (SSSR count). The molecule has 2 N–H and O–H groups in total. The molecule has 2 heterocycles. The van der Waals surface area contributed by atoms with Crippen LogP contribution in [0.1, 0.15) is 49.3 Å². The number of nitrogens with two attached hydrogens (primary N) is 1. The number of hydrogen-bond donors (Lipinski definition) is 1. The van der Waals surface area contributed by atoms with Gasteiger partial charge in [-0.2, -0.15) is 0 Å². The molecule has 0 radical (unpaired) electrons. The molecule has 150 valence electrons. The van der Waals surface area contributed by atoms with Crippen LogP contribution in [0, 0.1) is 22.5 Å². The van der Waals surface area contributed by atoms with E-state index in [0.29, 0.717) is 27.5 Å². The Labute approximate surface area is 166 Å². The first-order valence-corrected chi connectivity index (χ1v) is 9.73. The van der Waals surface area contributed by atoms with Gasteiger partial charge in [0.05, 0.1) is 22.3 Å². The largest absolute Gasteiger partial charge is 0.462 e. The third kappa shape index (κ3) is 3.42. The molecule has 1 unspecified atom stereocenters. The lowest BCUT2D eigenvalue weighted by molar-refractivity contribution is -0.385. The van der Waals surface area contributed by atoms with Crippen molar-refractivity contribution in [3.63, 3.8) is 0 Å². The number of ether oxygens (including phenoxy) is 2. The van der Waals surface area contributed by atoms with Crippen LogP contribution in [0.3, 0.4) is 0 Å². The average molecular weight is 406 g/mol. The number of rotatable bonds is 4. The Balaban J connectivity index is 2.21. The number of carbonyl (C=O) groups excluding carboxylic acids is 2. The van der Waals surface area contributed by atoms with Crippen molar-refractivity contribution in [2.45, 2.75) is 46.5 Å². The van der Waals surface area contributed by atoms with Gasteiger partial charge in [0.25, 0.3) is 5.69 Å². The third-order valence-corrected chi connectivity index (χ3v) is 5.95. The van der Waals surface area contributed by atoms with Gasteiger partial charge in [0.2, 0.25) is 5.88 Å². The van der Waals surface area contributed by atoms with Crippen molar-refractivity contribution >= 4 is 28.8 Å². The summed E-state index contributed by atoms with van der Waals surface area (Å²) in [6, 6.07) is 1.40. The van der Waals surface area contributed by atoms with Gasteiger partial charge in [-0.25, -0.2) is 4.79 Å². The smallest absolute Gasteiger partial charge is 0.340 e. The van der Waals surface area contributed by atoms with Crippen molar-refractivity contribution < 1.29 is 24.0 Å². The van der Waals surface area contributed by atoms with Crippen LogP contribution in [0.25, 0.3) is 0 Å². The molecule has 0 fully saturated rings. The quantitative estimate of drug-likeness (QED) is 0.461. The van der Waals surface area contributed by atoms with Crippen LogP contribution in [-0.2, 0) is 19.1 Å². The number of allylic oxidation sites excluding steroid dienone is 2. The fraction of sp³-hybridized carbons (Fsp3) is 0.474. The van der Waals surface area contributed by atoms with Crippen molar-refractivity contribution in [2.75, 3.05) is 6.61 Å². The maximum absolute atomic E-state index is 13.0. The van der Waals surface area contributed by atoms with E-state index in [-0.39, 0.29) is 41.4 Å². The number of nitro groups is 1. The highest BCUT2D eigenvalue weighted by molar-refractivity contribution is 7.12. The van der Waals surface area contributed by atoms with Crippen LogP contribution in [0.5, 0.6) is 0 Å². The van der Waals surface area contributed by atoms with Crippen LogP contribution in [0.15, 0.2) is 28.9 Å². The van der Waals surface area contributed by atoms with Gasteiger partial charge in [-0.1, -0.05) is 13.8 Å². The Kier molecular flexibility index (Phi) is 5.05. The molecular formula is C19H22N2O6S. The minimum Gasteiger partial charge on any atom is -0.462 e. The van der Waals surface area contributed by atoms with Crippen LogP contribution in [0.4, 0.5) is 5.69 Å². The number of aryl methyl sites for hydroxylation is 1. The molecule has 1 aliphatic heterocycles. The van der Waals surface area contributed by atoms with Crippen molar-refractivity contribution in [2.24, 2.45) is 11.1 Å². The van der Waals surface area contributed by atoms with Crippen LogP contribution in [0.2, 0.25) is 0 Å². The summed E-state index contributed by atoms with van der Waals surface area (Å²) >= 11 is 1.17. The summed E-state index contributed by atoms with van der Waals surface area (Å²) in [5, 5.41) is 11.3. The zero-order valence-electron chi connectivity index (χ0n) is 16.2. The maximum Gasteiger partial charge on any atom is 0.340 e. The second kappa shape index (κ2) is 7.05. The molecule has 0 saturated carbocycles. The Morgan fingerprint density at radius 2 is 2.14 bits per heavy atom. The predicted octanol–water partition coefficient (Wildman–Crippen LogP) is 3.46. The summed E-state index contributed by atoms with van der Waals surface area (Å²) in [5.41, 5.74) is 6.06. The van der Waals surface area contributed by atoms with Gasteiger partial charge in [-0.3, -0.25) is 14.9 Å². The third-order valence-electron chi connectivity index (χ3n) is 4.84. The lowest BCUT2D eigenvalue weighted by Crippen LogP contribution is -2.35. The van der Waals surface area contributed by atoms with Crippen molar-refractivity contribution in [3.05, 3.63) is 48.7 Å². The van der Waals surface area contributed by atoms with E-state index in [2.05, 4.69) is 0 Å². The highest BCUT2D eigenvalue weighted by atomic mass is 32.1. The van der Waals surface area contributed by atoms with E-state index < -0.39 is 16.8 Å². The Morgan fingerprint density at radius 3 is 2.71 bits per heavy atom. The van der Waals surface area contributed by atoms with E-state index in [1.807, 2.05) is 13.8 Å². The number of ketones is 1. The summed E-state index contributed by atoms with van der Waals surface area (Å²) in [6.45, 7) is 7.32. The van der Waals surface area contributed by atoms with Crippen LogP contribution < -0.4 is 5.73 Å². The molecule has 2 aliphatic rings. The number of esters is 1. The van der Waals surface area contributed by atoms with Crippen molar-refractivity contribution in [1.29, 1.82) is 0 Å². The van der Waals surface area contributed by atoms with Gasteiger partial charge < -0.3 is 15.2 Å². The highest BCUT2D eigenvalue weighted by Crippen LogP contribution is 2.50. The van der Waals surface area contributed by atoms with E-state index >= 15 is 0 Å². The normalized spacial score (nSPS) is 21.3. The van der Waals surface area contributed by atoms with Crippen molar-refractivity contribution in [1.82, 2.24) is 0 Å². The molecule has 0 amide bonds. The molecule has 0 saturated heterocycles. The van der Waals surface area contributed by atoms with Gasteiger partial charge in [-0.15, -0.1) is 11.3 Å². The van der Waals surface area contributed by atoms with Gasteiger partial charge in [-0.05, 0) is 19.3 Å². The van der Waals surface area contributed by atoms with E-state index in [0.717, 1.165) is 0 Å². The lowest BCUT2D eigenvalue weighted by atomic mass is 9.71. The topological polar surface area (TPSA) is 122 Å². The molecule has 0 spiro atoms. The number of hydrogen-bond acceptors (Lipinski definition) is 8. The first-order chi connectivity index (χ1) is 13.1. The maximum atomic E-state index is 13.0. The minimum atomic E-state index is -0.830. The number of carbonyl (C=O) groups is 2. The van der Waals surface area contributed by atoms with Gasteiger partial charge in [0.15, 0.2) is 5.78 Å². The zero-order valence-corrected chi connectivity index (χ0v) is 17.0. The second-order valence-corrected chi connectivity index (χ2v) is 8.95. The molecule has 0 bridgehead atoms. The van der Waals surface area contributed by atoms with Gasteiger partial charge in [0.1, 0.15) is 11.3 Å². The molecule has 8 nitrogen and oxygen atoms in total. The lowest BCUT2D eigenvalue weighted by Gasteiger charge is -2.37. The molecule has 1 atom stereocenters. The van der Waals surface area contributed by atoms with Gasteiger partial charge >= 0.3 is 5.97 Å². The second-order valence-electron chi connectivity index (χ2n) is 7.66. The molecule has 0 aromatic carbocycles. The summed E-state index contributed by atoms with van der Waals surface area (Å²) < 4.78 is 10.8. The Bertz CT molecular complexity index is 940. The highest BCUT2D eigenvalue weighted by Gasteiger charge is 2.46. The summed E-state index contributed by atoms with van der Waals surface area (Å²) in [7, 11) is 0. The number of Topliss-reactive ketones (excluding diaryl/α,β-unsaturated/α-hetero) is 1. The first-order valence-electron chi connectivity index (χ1n) is 8.91. The standard InChI is InChI=1S/C19H22N2O6S/c1-5-26-18(23)16-15(13-6-10(21(24)25)9(2)28-13)14-11(22)7-19(3,4)8-12(14)27-17(16)20/h6,15H,5,7-8,20H2,1-4H3. The van der Waals surface area contributed by atoms with Gasteiger partial charge in [0, 0.05) is 29.4 Å². The predicted molar refractivity (Wildman–Crippen MR) is 102 cm³/mol. The first kappa shape index (κ1) is 20.1. The Morgan fingerprint density at radius 1 is 1.46 bits per heavy atom. The van der Waals surface area contributed by atoms with E-state index in [1.54, 1.807) is 13.8 Å². The van der Waals surface area contributed by atoms with Crippen LogP contribution >= 0.6 is 11.3 Å². The average Bonchev–Trinajstić information content (AvgIpc) is 2.94. The summed E-state index contributed by atoms with van der Waals surface area (Å²) in [5.74, 6) is -1.38. The van der Waals surface area contributed by atoms with Crippen LogP contribution in [-0.4, -0.2) is 23.3 Å².